The fourth-order valence-electron chi connectivity index (χ4n) is 1.40. The average molecular weight is 242 g/mol. The molecule has 0 radical (unpaired) electrons. The van der Waals surface area contributed by atoms with Crippen LogP contribution in [0.2, 0.25) is 0 Å². The maximum absolute atomic E-state index is 10.8. The molecule has 0 amide bonds. The van der Waals surface area contributed by atoms with Gasteiger partial charge in [0.15, 0.2) is 0 Å². The van der Waals surface area contributed by atoms with Crippen LogP contribution in [0.4, 0.5) is 0 Å². The van der Waals surface area contributed by atoms with Crippen molar-refractivity contribution in [2.45, 2.75) is 33.2 Å². The van der Waals surface area contributed by atoms with Gasteiger partial charge in [-0.15, -0.1) is 11.3 Å². The number of methoxy groups -OCH3 is 1. The van der Waals surface area contributed by atoms with E-state index < -0.39 is 0 Å². The van der Waals surface area contributed by atoms with E-state index in [-0.39, 0.29) is 5.97 Å². The molecule has 0 saturated carbocycles. The number of hydrogen-bond donors (Lipinski definition) is 1. The van der Waals surface area contributed by atoms with Crippen LogP contribution in [0.5, 0.6) is 0 Å². The highest BCUT2D eigenvalue weighted by Crippen LogP contribution is 2.16. The van der Waals surface area contributed by atoms with Crippen LogP contribution in [0.1, 0.15) is 28.4 Å². The third-order valence-electron chi connectivity index (χ3n) is 2.25. The smallest absolute Gasteiger partial charge is 0.305 e. The molecular formula is C11H18N2O2S. The van der Waals surface area contributed by atoms with Gasteiger partial charge in [0.1, 0.15) is 0 Å². The first-order valence-electron chi connectivity index (χ1n) is 5.34. The van der Waals surface area contributed by atoms with Gasteiger partial charge in [-0.25, -0.2) is 4.98 Å². The first kappa shape index (κ1) is 13.1. The van der Waals surface area contributed by atoms with Gasteiger partial charge in [-0.05, 0) is 26.8 Å². The Morgan fingerprint density at radius 1 is 1.50 bits per heavy atom. The molecule has 1 rings (SSSR count). The lowest BCUT2D eigenvalue weighted by atomic mass is 10.3. The van der Waals surface area contributed by atoms with Crippen molar-refractivity contribution in [1.29, 1.82) is 0 Å². The Balaban J connectivity index is 2.16. The molecular weight excluding hydrogens is 224 g/mol. The molecule has 0 saturated heterocycles. The first-order chi connectivity index (χ1) is 7.63. The van der Waals surface area contributed by atoms with Crippen LogP contribution in [0.25, 0.3) is 0 Å². The summed E-state index contributed by atoms with van der Waals surface area (Å²) in [6.45, 7) is 5.69. The highest BCUT2D eigenvalue weighted by atomic mass is 32.1. The lowest BCUT2D eigenvalue weighted by molar-refractivity contribution is -0.140. The van der Waals surface area contributed by atoms with Crippen molar-refractivity contribution in [3.8, 4) is 0 Å². The Hall–Kier alpha value is -0.940. The molecule has 0 aliphatic carbocycles. The number of hydrogen-bond acceptors (Lipinski definition) is 5. The third-order valence-corrected chi connectivity index (χ3v) is 3.32. The predicted molar refractivity (Wildman–Crippen MR) is 64.5 cm³/mol. The highest BCUT2D eigenvalue weighted by Gasteiger charge is 2.04. The minimum Gasteiger partial charge on any atom is -0.469 e. The van der Waals surface area contributed by atoms with Gasteiger partial charge in [0.2, 0.25) is 0 Å². The molecule has 5 heteroatoms. The van der Waals surface area contributed by atoms with Gasteiger partial charge in [-0.1, -0.05) is 0 Å². The minimum atomic E-state index is -0.147. The molecule has 0 aliphatic heterocycles. The first-order valence-corrected chi connectivity index (χ1v) is 6.15. The van der Waals surface area contributed by atoms with Gasteiger partial charge in [-0.2, -0.15) is 0 Å². The Morgan fingerprint density at radius 2 is 2.25 bits per heavy atom. The summed E-state index contributed by atoms with van der Waals surface area (Å²) in [6, 6.07) is 0. The van der Waals surface area contributed by atoms with Crippen LogP contribution in [-0.4, -0.2) is 24.6 Å². The number of ether oxygens (including phenoxy) is 1. The van der Waals surface area contributed by atoms with Crippen molar-refractivity contribution in [2.75, 3.05) is 13.7 Å². The number of nitrogens with zero attached hydrogens (tertiary/aromatic N) is 1. The fraction of sp³-hybridized carbons (Fsp3) is 0.636. The van der Waals surface area contributed by atoms with E-state index >= 15 is 0 Å². The summed E-state index contributed by atoms with van der Waals surface area (Å²) in [5, 5.41) is 4.40. The molecule has 0 aromatic carbocycles. The van der Waals surface area contributed by atoms with E-state index in [0.29, 0.717) is 6.42 Å². The quantitative estimate of drug-likeness (QED) is 0.610. The summed E-state index contributed by atoms with van der Waals surface area (Å²) < 4.78 is 4.56. The number of rotatable bonds is 6. The zero-order valence-electron chi connectivity index (χ0n) is 10.0. The molecule has 16 heavy (non-hydrogen) atoms. The summed E-state index contributed by atoms with van der Waals surface area (Å²) in [4.78, 5) is 16.5. The van der Waals surface area contributed by atoms with Gasteiger partial charge in [-0.3, -0.25) is 4.79 Å². The zero-order valence-corrected chi connectivity index (χ0v) is 10.8. The van der Waals surface area contributed by atoms with Crippen molar-refractivity contribution in [2.24, 2.45) is 0 Å². The molecule has 0 spiro atoms. The van der Waals surface area contributed by atoms with E-state index in [1.807, 2.05) is 13.8 Å². The Bertz CT molecular complexity index is 350. The second kappa shape index (κ2) is 6.60. The number of carbonyl (C=O) groups excluding carboxylic acids is 1. The van der Waals surface area contributed by atoms with Crippen LogP contribution in [0.15, 0.2) is 0 Å². The molecule has 1 aromatic heterocycles. The molecule has 0 fully saturated rings. The molecule has 90 valence electrons. The molecule has 0 bridgehead atoms. The second-order valence-electron chi connectivity index (χ2n) is 3.60. The van der Waals surface area contributed by atoms with Crippen LogP contribution in [0, 0.1) is 13.8 Å². The number of nitrogens with one attached hydrogen (secondary N) is 1. The van der Waals surface area contributed by atoms with Crippen LogP contribution in [-0.2, 0) is 16.1 Å². The lowest BCUT2D eigenvalue weighted by Gasteiger charge is -2.02. The number of thiazole rings is 1. The highest BCUT2D eigenvalue weighted by molar-refractivity contribution is 7.11. The maximum Gasteiger partial charge on any atom is 0.305 e. The average Bonchev–Trinajstić information content (AvgIpc) is 2.56. The van der Waals surface area contributed by atoms with Crippen molar-refractivity contribution in [1.82, 2.24) is 10.3 Å². The van der Waals surface area contributed by atoms with E-state index in [1.165, 1.54) is 12.0 Å². The Morgan fingerprint density at radius 3 is 2.81 bits per heavy atom. The van der Waals surface area contributed by atoms with E-state index in [9.17, 15) is 4.79 Å². The SMILES string of the molecule is COC(=O)CCCNCc1sc(C)nc1C. The third kappa shape index (κ3) is 4.28. The maximum atomic E-state index is 10.8. The van der Waals surface area contributed by atoms with Gasteiger partial charge in [0.05, 0.1) is 17.8 Å². The van der Waals surface area contributed by atoms with Crippen LogP contribution < -0.4 is 5.32 Å². The van der Waals surface area contributed by atoms with Crippen LogP contribution in [0.3, 0.4) is 0 Å². The second-order valence-corrected chi connectivity index (χ2v) is 4.89. The summed E-state index contributed by atoms with van der Waals surface area (Å²) >= 11 is 1.72. The summed E-state index contributed by atoms with van der Waals surface area (Å²) in [5.74, 6) is -0.147. The van der Waals surface area contributed by atoms with Crippen molar-refractivity contribution in [3.05, 3.63) is 15.6 Å². The zero-order chi connectivity index (χ0) is 12.0. The molecule has 0 unspecified atom stereocenters. The van der Waals surface area contributed by atoms with E-state index in [4.69, 9.17) is 0 Å². The Kier molecular flexibility index (Phi) is 5.42. The minimum absolute atomic E-state index is 0.147. The van der Waals surface area contributed by atoms with Gasteiger partial charge in [0.25, 0.3) is 0 Å². The molecule has 1 aromatic rings. The van der Waals surface area contributed by atoms with Gasteiger partial charge >= 0.3 is 5.97 Å². The number of aromatic nitrogens is 1. The van der Waals surface area contributed by atoms with Crippen LogP contribution >= 0.6 is 11.3 Å². The molecule has 1 N–H and O–H groups in total. The lowest BCUT2D eigenvalue weighted by Crippen LogP contribution is -2.16. The topological polar surface area (TPSA) is 51.2 Å². The molecule has 4 nitrogen and oxygen atoms in total. The van der Waals surface area contributed by atoms with Crippen molar-refractivity contribution in [3.63, 3.8) is 0 Å². The Labute approximate surface area is 100 Å². The van der Waals surface area contributed by atoms with Gasteiger partial charge in [0, 0.05) is 17.8 Å². The van der Waals surface area contributed by atoms with E-state index in [1.54, 1.807) is 11.3 Å². The summed E-state index contributed by atoms with van der Waals surface area (Å²) in [5.41, 5.74) is 1.10. The van der Waals surface area contributed by atoms with E-state index in [0.717, 1.165) is 30.2 Å². The number of esters is 1. The molecule has 0 atom stereocenters. The van der Waals surface area contributed by atoms with Crippen molar-refractivity contribution >= 4 is 17.3 Å². The molecule has 0 aliphatic rings. The monoisotopic (exact) mass is 242 g/mol. The number of carbonyl (C=O) groups is 1. The summed E-state index contributed by atoms with van der Waals surface area (Å²) in [6.07, 6.45) is 1.29. The van der Waals surface area contributed by atoms with Gasteiger partial charge < -0.3 is 10.1 Å². The molecule has 1 heterocycles. The summed E-state index contributed by atoms with van der Waals surface area (Å²) in [7, 11) is 1.42. The van der Waals surface area contributed by atoms with E-state index in [2.05, 4.69) is 15.0 Å². The fourth-order valence-corrected chi connectivity index (χ4v) is 2.31. The number of aryl methyl sites for hydroxylation is 2. The van der Waals surface area contributed by atoms with Crippen molar-refractivity contribution < 1.29 is 9.53 Å². The largest absolute Gasteiger partial charge is 0.469 e. The normalized spacial score (nSPS) is 10.4. The standard InChI is InChI=1S/C11H18N2O2S/c1-8-10(16-9(2)13-8)7-12-6-4-5-11(14)15-3/h12H,4-7H2,1-3H3. The predicted octanol–water partition coefficient (Wildman–Crippen LogP) is 1.80.